The minimum absolute atomic E-state index is 0. The summed E-state index contributed by atoms with van der Waals surface area (Å²) in [5.74, 6) is -2.35. The van der Waals surface area contributed by atoms with Crippen molar-refractivity contribution in [2.75, 3.05) is 16.8 Å². The molecule has 1 heterocycles. The summed E-state index contributed by atoms with van der Waals surface area (Å²) in [6.07, 6.45) is 1.90. The molecule has 0 radical (unpaired) electrons. The number of halogens is 2. The average molecular weight is 388 g/mol. The van der Waals surface area contributed by atoms with Crippen molar-refractivity contribution in [1.29, 1.82) is 0 Å². The molecule has 2 aromatic carbocycles. The average Bonchev–Trinajstić information content (AvgIpc) is 2.84. The third-order valence-corrected chi connectivity index (χ3v) is 5.03. The first kappa shape index (κ1) is 20.0. The van der Waals surface area contributed by atoms with E-state index in [4.69, 9.17) is 0 Å². The van der Waals surface area contributed by atoms with Crippen LogP contribution < -0.4 is 10.2 Å². The number of hydrogen-bond acceptors (Lipinski definition) is 2. The molecule has 1 fully saturated rings. The fourth-order valence-electron chi connectivity index (χ4n) is 3.46. The lowest BCUT2D eigenvalue weighted by Gasteiger charge is -2.24. The molecule has 28 heavy (non-hydrogen) atoms. The summed E-state index contributed by atoms with van der Waals surface area (Å²) in [7, 11) is 0. The van der Waals surface area contributed by atoms with Crippen LogP contribution in [0.15, 0.2) is 42.5 Å². The summed E-state index contributed by atoms with van der Waals surface area (Å²) < 4.78 is 27.4. The molecule has 1 unspecified atom stereocenters. The first-order chi connectivity index (χ1) is 13.4. The molecule has 150 valence electrons. The Morgan fingerprint density at radius 3 is 2.50 bits per heavy atom. The van der Waals surface area contributed by atoms with Gasteiger partial charge in [-0.1, -0.05) is 26.3 Å². The number of benzene rings is 2. The summed E-state index contributed by atoms with van der Waals surface area (Å²) in [4.78, 5) is 27.2. The van der Waals surface area contributed by atoms with E-state index in [0.717, 1.165) is 12.8 Å². The quantitative estimate of drug-likeness (QED) is 0.741. The molecule has 1 atom stereocenters. The Labute approximate surface area is 165 Å². The Kier molecular flexibility index (Phi) is 6.07. The van der Waals surface area contributed by atoms with Gasteiger partial charge in [-0.15, -0.1) is 0 Å². The van der Waals surface area contributed by atoms with Crippen LogP contribution in [0.25, 0.3) is 0 Å². The molecule has 1 saturated heterocycles. The molecule has 1 N–H and O–H groups in total. The number of carbonyl (C=O) groups excluding carboxylic acids is 2. The molecule has 6 heteroatoms. The molecule has 0 aromatic heterocycles. The highest BCUT2D eigenvalue weighted by atomic mass is 19.1. The van der Waals surface area contributed by atoms with Crippen molar-refractivity contribution in [3.05, 3.63) is 59.7 Å². The van der Waals surface area contributed by atoms with E-state index in [1.165, 1.54) is 35.2 Å². The molecule has 0 bridgehead atoms. The number of carbonyl (C=O) groups is 2. The van der Waals surface area contributed by atoms with Gasteiger partial charge in [-0.05, 0) is 60.7 Å². The van der Waals surface area contributed by atoms with E-state index in [9.17, 15) is 18.4 Å². The Hall–Kier alpha value is -2.76. The number of rotatable bonds is 4. The van der Waals surface area contributed by atoms with Crippen LogP contribution in [0.4, 0.5) is 20.2 Å². The summed E-state index contributed by atoms with van der Waals surface area (Å²) in [6, 6.07) is 10.2. The maximum atomic E-state index is 14.2. The molecule has 2 aromatic rings. The highest BCUT2D eigenvalue weighted by molar-refractivity contribution is 6.11. The van der Waals surface area contributed by atoms with Gasteiger partial charge in [-0.3, -0.25) is 9.59 Å². The molecule has 2 amide bonds. The lowest BCUT2D eigenvalue weighted by molar-refractivity contribution is -0.130. The minimum Gasteiger partial charge on any atom is -0.325 e. The van der Waals surface area contributed by atoms with E-state index in [-0.39, 0.29) is 24.9 Å². The van der Waals surface area contributed by atoms with E-state index in [2.05, 4.69) is 5.32 Å². The maximum absolute atomic E-state index is 14.2. The van der Waals surface area contributed by atoms with Gasteiger partial charge in [-0.2, -0.15) is 0 Å². The van der Waals surface area contributed by atoms with Crippen LogP contribution in [0.3, 0.4) is 0 Å². The molecule has 0 saturated carbocycles. The fourth-order valence-corrected chi connectivity index (χ4v) is 3.46. The third-order valence-electron chi connectivity index (χ3n) is 5.03. The number of amides is 2. The van der Waals surface area contributed by atoms with Gasteiger partial charge in [0.1, 0.15) is 17.6 Å². The van der Waals surface area contributed by atoms with Gasteiger partial charge in [0.2, 0.25) is 11.8 Å². The van der Waals surface area contributed by atoms with E-state index < -0.39 is 11.8 Å². The monoisotopic (exact) mass is 388 g/mol. The second-order valence-corrected chi connectivity index (χ2v) is 7.39. The molecule has 1 aliphatic rings. The number of nitrogens with one attached hydrogen (secondary N) is 1. The van der Waals surface area contributed by atoms with Crippen LogP contribution >= 0.6 is 0 Å². The van der Waals surface area contributed by atoms with Crippen molar-refractivity contribution < 1.29 is 19.8 Å². The minimum atomic E-state index is -0.861. The standard InChI is InChI=1S/C22H24F2N2O2.H2/c1-14(2)18-11-8-16(13-20(18)24)25-21(27)19-5-3-4-12-26(22(19)28)17-9-6-15(23)7-10-17;/h6-11,13-14,19H,3-5,12H2,1-2H3,(H,25,27);1H. The Bertz CT molecular complexity index is 872. The van der Waals surface area contributed by atoms with Crippen molar-refractivity contribution in [3.8, 4) is 0 Å². The van der Waals surface area contributed by atoms with E-state index in [1.807, 2.05) is 13.8 Å². The highest BCUT2D eigenvalue weighted by Gasteiger charge is 2.33. The van der Waals surface area contributed by atoms with E-state index in [1.54, 1.807) is 12.1 Å². The van der Waals surface area contributed by atoms with Gasteiger partial charge in [0.05, 0.1) is 0 Å². The largest absolute Gasteiger partial charge is 0.325 e. The smallest absolute Gasteiger partial charge is 0.239 e. The zero-order chi connectivity index (χ0) is 20.3. The SMILES string of the molecule is CC(C)c1ccc(NC(=O)C2CCCCN(c3ccc(F)cc3)C2=O)cc1F.[HH]. The van der Waals surface area contributed by atoms with Gasteiger partial charge >= 0.3 is 0 Å². The molecule has 0 aliphatic carbocycles. The summed E-state index contributed by atoms with van der Waals surface area (Å²) >= 11 is 0. The molecule has 3 rings (SSSR count). The van der Waals surface area contributed by atoms with Crippen molar-refractivity contribution in [1.82, 2.24) is 0 Å². The molecular formula is C22H26F2N2O2. The highest BCUT2D eigenvalue weighted by Crippen LogP contribution is 2.26. The second-order valence-electron chi connectivity index (χ2n) is 7.39. The van der Waals surface area contributed by atoms with Crippen LogP contribution in [0, 0.1) is 17.6 Å². The predicted molar refractivity (Wildman–Crippen MR) is 107 cm³/mol. The normalized spacial score (nSPS) is 17.5. The number of nitrogens with zero attached hydrogens (tertiary/aromatic N) is 1. The first-order valence-electron chi connectivity index (χ1n) is 9.54. The zero-order valence-corrected chi connectivity index (χ0v) is 16.0. The summed E-state index contributed by atoms with van der Waals surface area (Å²) in [5, 5.41) is 2.67. The van der Waals surface area contributed by atoms with Crippen molar-refractivity contribution in [2.45, 2.75) is 39.0 Å². The second kappa shape index (κ2) is 8.50. The van der Waals surface area contributed by atoms with Crippen molar-refractivity contribution in [3.63, 3.8) is 0 Å². The van der Waals surface area contributed by atoms with E-state index in [0.29, 0.717) is 29.9 Å². The van der Waals surface area contributed by atoms with E-state index >= 15 is 0 Å². The Morgan fingerprint density at radius 2 is 1.86 bits per heavy atom. The summed E-state index contributed by atoms with van der Waals surface area (Å²) in [5.41, 5.74) is 1.47. The summed E-state index contributed by atoms with van der Waals surface area (Å²) in [6.45, 7) is 4.27. The van der Waals surface area contributed by atoms with Crippen molar-refractivity contribution in [2.24, 2.45) is 5.92 Å². The van der Waals surface area contributed by atoms with Gasteiger partial charge in [-0.25, -0.2) is 8.78 Å². The van der Waals surface area contributed by atoms with Crippen LogP contribution in [-0.2, 0) is 9.59 Å². The van der Waals surface area contributed by atoms with Crippen LogP contribution in [-0.4, -0.2) is 18.4 Å². The number of hydrogen-bond donors (Lipinski definition) is 1. The van der Waals surface area contributed by atoms with Gasteiger partial charge in [0, 0.05) is 19.3 Å². The van der Waals surface area contributed by atoms with Crippen LogP contribution in [0.1, 0.15) is 46.0 Å². The topological polar surface area (TPSA) is 49.4 Å². The van der Waals surface area contributed by atoms with Crippen LogP contribution in [0.5, 0.6) is 0 Å². The molecular weight excluding hydrogens is 362 g/mol. The Balaban J connectivity index is 0.00000300. The maximum Gasteiger partial charge on any atom is 0.239 e. The van der Waals surface area contributed by atoms with Gasteiger partial charge in [0.15, 0.2) is 0 Å². The predicted octanol–water partition coefficient (Wildman–Crippen LogP) is 5.11. The Morgan fingerprint density at radius 1 is 1.14 bits per heavy atom. The molecule has 0 spiro atoms. The first-order valence-corrected chi connectivity index (χ1v) is 9.54. The molecule has 4 nitrogen and oxygen atoms in total. The number of anilines is 2. The lowest BCUT2D eigenvalue weighted by Crippen LogP contribution is -2.40. The van der Waals surface area contributed by atoms with Gasteiger partial charge < -0.3 is 10.2 Å². The van der Waals surface area contributed by atoms with Gasteiger partial charge in [0.25, 0.3) is 0 Å². The van der Waals surface area contributed by atoms with Crippen molar-refractivity contribution >= 4 is 23.2 Å². The zero-order valence-electron chi connectivity index (χ0n) is 16.0. The third kappa shape index (κ3) is 4.38. The lowest BCUT2D eigenvalue weighted by atomic mass is 10.00. The fraction of sp³-hybridized carbons (Fsp3) is 0.364. The molecule has 1 aliphatic heterocycles. The van der Waals surface area contributed by atoms with Crippen LogP contribution in [0.2, 0.25) is 0 Å².